The van der Waals surface area contributed by atoms with Gasteiger partial charge in [0.05, 0.1) is 17.6 Å². The summed E-state index contributed by atoms with van der Waals surface area (Å²) >= 11 is 0. The molecule has 0 amide bonds. The normalized spacial score (nSPS) is 11.2. The Morgan fingerprint density at radius 3 is 2.56 bits per heavy atom. The van der Waals surface area contributed by atoms with Crippen molar-refractivity contribution in [3.05, 3.63) is 102 Å². The molecular weight excluding hydrogens is 396 g/mol. The molecule has 1 aromatic heterocycles. The maximum atomic E-state index is 6.25. The molecule has 0 N–H and O–H groups in total. The van der Waals surface area contributed by atoms with E-state index in [-0.39, 0.29) is 0 Å². The number of nitrogens with zero attached hydrogens (tertiary/aromatic N) is 2. The maximum Gasteiger partial charge on any atom is 0.148 e. The zero-order chi connectivity index (χ0) is 21.8. The third kappa shape index (κ3) is 4.30. The van der Waals surface area contributed by atoms with Crippen LogP contribution >= 0.6 is 0 Å². The van der Waals surface area contributed by atoms with Crippen molar-refractivity contribution in [3.8, 4) is 11.5 Å². The summed E-state index contributed by atoms with van der Waals surface area (Å²) < 4.78 is 14.4. The molecule has 0 radical (unpaired) electrons. The van der Waals surface area contributed by atoms with E-state index in [0.717, 1.165) is 46.7 Å². The number of hydrogen-bond acceptors (Lipinski definition) is 3. The van der Waals surface area contributed by atoms with E-state index in [9.17, 15) is 0 Å². The first-order valence-electron chi connectivity index (χ1n) is 11.0. The van der Waals surface area contributed by atoms with Crippen LogP contribution in [0.1, 0.15) is 17.8 Å². The number of ether oxygens (including phenoxy) is 2. The fourth-order valence-electron chi connectivity index (χ4n) is 4.07. The van der Waals surface area contributed by atoms with E-state index in [0.29, 0.717) is 13.2 Å². The number of aromatic nitrogens is 2. The second-order valence-electron chi connectivity index (χ2n) is 7.95. The van der Waals surface area contributed by atoms with Crippen molar-refractivity contribution in [1.29, 1.82) is 0 Å². The van der Waals surface area contributed by atoms with E-state index >= 15 is 0 Å². The van der Waals surface area contributed by atoms with Crippen LogP contribution in [0, 0.1) is 6.92 Å². The van der Waals surface area contributed by atoms with Crippen LogP contribution in [0.5, 0.6) is 11.5 Å². The van der Waals surface area contributed by atoms with Crippen molar-refractivity contribution in [2.24, 2.45) is 0 Å². The molecule has 0 spiro atoms. The van der Waals surface area contributed by atoms with E-state index in [1.54, 1.807) is 0 Å². The zero-order valence-corrected chi connectivity index (χ0v) is 18.2. The van der Waals surface area contributed by atoms with Crippen LogP contribution in [0.4, 0.5) is 0 Å². The standard InChI is InChI=1S/C28H26N2O2/c1-21-9-6-12-23(19-21)31-18-8-17-30-26-15-5-4-14-25(26)29-28(30)20-32-27-16-7-11-22-10-2-3-13-24(22)27/h2-7,9-16,19H,8,17-18,20H2,1H3. The molecular formula is C28H26N2O2. The highest BCUT2D eigenvalue weighted by Crippen LogP contribution is 2.26. The van der Waals surface area contributed by atoms with Crippen molar-refractivity contribution < 1.29 is 9.47 Å². The molecule has 0 aliphatic rings. The van der Waals surface area contributed by atoms with Gasteiger partial charge >= 0.3 is 0 Å². The number of fused-ring (bicyclic) bond motifs is 2. The fraction of sp³-hybridized carbons (Fsp3) is 0.179. The second-order valence-corrected chi connectivity index (χ2v) is 7.95. The summed E-state index contributed by atoms with van der Waals surface area (Å²) in [4.78, 5) is 4.85. The van der Waals surface area contributed by atoms with E-state index in [1.165, 1.54) is 10.9 Å². The molecule has 1 heterocycles. The van der Waals surface area contributed by atoms with Crippen molar-refractivity contribution in [2.75, 3.05) is 6.61 Å². The molecule has 4 nitrogen and oxygen atoms in total. The highest BCUT2D eigenvalue weighted by atomic mass is 16.5. The number of rotatable bonds is 8. The van der Waals surface area contributed by atoms with Crippen molar-refractivity contribution >= 4 is 21.8 Å². The van der Waals surface area contributed by atoms with Gasteiger partial charge in [-0.05, 0) is 54.6 Å². The van der Waals surface area contributed by atoms with Gasteiger partial charge in [0.1, 0.15) is 23.9 Å². The zero-order valence-electron chi connectivity index (χ0n) is 18.2. The minimum absolute atomic E-state index is 0.418. The van der Waals surface area contributed by atoms with E-state index in [4.69, 9.17) is 14.5 Å². The molecule has 0 bridgehead atoms. The summed E-state index contributed by atoms with van der Waals surface area (Å²) in [5.74, 6) is 2.72. The average Bonchev–Trinajstić information content (AvgIpc) is 3.18. The summed E-state index contributed by atoms with van der Waals surface area (Å²) in [5.41, 5.74) is 3.32. The summed E-state index contributed by atoms with van der Waals surface area (Å²) in [7, 11) is 0. The Balaban J connectivity index is 1.32. The molecule has 160 valence electrons. The van der Waals surface area contributed by atoms with Gasteiger partial charge < -0.3 is 14.0 Å². The SMILES string of the molecule is Cc1cccc(OCCCn2c(COc3cccc4ccccc34)nc3ccccc32)c1. The highest BCUT2D eigenvalue weighted by molar-refractivity contribution is 5.88. The van der Waals surface area contributed by atoms with Crippen molar-refractivity contribution in [1.82, 2.24) is 9.55 Å². The Hall–Kier alpha value is -3.79. The van der Waals surface area contributed by atoms with Crippen LogP contribution in [0.2, 0.25) is 0 Å². The van der Waals surface area contributed by atoms with E-state index in [2.05, 4.69) is 60.0 Å². The van der Waals surface area contributed by atoms with Crippen LogP contribution < -0.4 is 9.47 Å². The monoisotopic (exact) mass is 422 g/mol. The van der Waals surface area contributed by atoms with Crippen LogP contribution in [0.15, 0.2) is 91.0 Å². The average molecular weight is 423 g/mol. The van der Waals surface area contributed by atoms with Crippen LogP contribution in [-0.4, -0.2) is 16.2 Å². The molecule has 32 heavy (non-hydrogen) atoms. The van der Waals surface area contributed by atoms with Gasteiger partial charge in [0.2, 0.25) is 0 Å². The first kappa shape index (κ1) is 20.1. The molecule has 0 fully saturated rings. The van der Waals surface area contributed by atoms with Crippen LogP contribution in [0.25, 0.3) is 21.8 Å². The Morgan fingerprint density at radius 1 is 0.812 bits per heavy atom. The minimum Gasteiger partial charge on any atom is -0.494 e. The van der Waals surface area contributed by atoms with Gasteiger partial charge in [-0.25, -0.2) is 4.98 Å². The Bertz CT molecular complexity index is 1350. The summed E-state index contributed by atoms with van der Waals surface area (Å²) in [6.45, 7) is 3.97. The van der Waals surface area contributed by atoms with E-state index < -0.39 is 0 Å². The summed E-state index contributed by atoms with van der Waals surface area (Å²) in [5, 5.41) is 2.29. The largest absolute Gasteiger partial charge is 0.494 e. The summed E-state index contributed by atoms with van der Waals surface area (Å²) in [6.07, 6.45) is 0.884. The quantitative estimate of drug-likeness (QED) is 0.266. The van der Waals surface area contributed by atoms with Gasteiger partial charge in [-0.3, -0.25) is 0 Å². The topological polar surface area (TPSA) is 36.3 Å². The molecule has 4 aromatic carbocycles. The van der Waals surface area contributed by atoms with Gasteiger partial charge in [-0.15, -0.1) is 0 Å². The van der Waals surface area contributed by atoms with Gasteiger partial charge in [-0.2, -0.15) is 0 Å². The summed E-state index contributed by atoms with van der Waals surface area (Å²) in [6, 6.07) is 30.9. The van der Waals surface area contributed by atoms with Crippen LogP contribution in [-0.2, 0) is 13.2 Å². The molecule has 0 aliphatic carbocycles. The lowest BCUT2D eigenvalue weighted by molar-refractivity contribution is 0.282. The lowest BCUT2D eigenvalue weighted by Gasteiger charge is -2.12. The number of aryl methyl sites for hydroxylation is 2. The number of para-hydroxylation sites is 2. The third-order valence-electron chi connectivity index (χ3n) is 5.62. The molecule has 0 saturated heterocycles. The molecule has 5 rings (SSSR count). The number of imidazole rings is 1. The molecule has 0 aliphatic heterocycles. The molecule has 5 aromatic rings. The Kier molecular flexibility index (Phi) is 5.75. The van der Waals surface area contributed by atoms with Gasteiger partial charge in [0.25, 0.3) is 0 Å². The maximum absolute atomic E-state index is 6.25. The Labute approximate surface area is 188 Å². The lowest BCUT2D eigenvalue weighted by atomic mass is 10.1. The van der Waals surface area contributed by atoms with Crippen molar-refractivity contribution in [3.63, 3.8) is 0 Å². The first-order valence-corrected chi connectivity index (χ1v) is 11.0. The first-order chi connectivity index (χ1) is 15.8. The molecule has 0 atom stereocenters. The van der Waals surface area contributed by atoms with Gasteiger partial charge in [0, 0.05) is 11.9 Å². The number of benzene rings is 4. The molecule has 0 unspecified atom stereocenters. The predicted octanol–water partition coefficient (Wildman–Crippen LogP) is 6.55. The molecule has 0 saturated carbocycles. The fourth-order valence-corrected chi connectivity index (χ4v) is 4.07. The number of hydrogen-bond donors (Lipinski definition) is 0. The van der Waals surface area contributed by atoms with Crippen molar-refractivity contribution in [2.45, 2.75) is 26.5 Å². The predicted molar refractivity (Wildman–Crippen MR) is 129 cm³/mol. The lowest BCUT2D eigenvalue weighted by Crippen LogP contribution is -2.10. The van der Waals surface area contributed by atoms with Crippen LogP contribution in [0.3, 0.4) is 0 Å². The highest BCUT2D eigenvalue weighted by Gasteiger charge is 2.12. The Morgan fingerprint density at radius 2 is 1.62 bits per heavy atom. The van der Waals surface area contributed by atoms with Gasteiger partial charge in [-0.1, -0.05) is 60.7 Å². The van der Waals surface area contributed by atoms with Gasteiger partial charge in [0.15, 0.2) is 0 Å². The van der Waals surface area contributed by atoms with E-state index in [1.807, 2.05) is 42.5 Å². The smallest absolute Gasteiger partial charge is 0.148 e. The third-order valence-corrected chi connectivity index (χ3v) is 5.62. The minimum atomic E-state index is 0.418. The molecule has 4 heteroatoms. The second kappa shape index (κ2) is 9.15.